The molecular weight excluding hydrogens is 278 g/mol. The molecule has 0 aromatic carbocycles. The number of hydrogen-bond acceptors (Lipinski definition) is 2. The molecule has 1 N–H and O–H groups in total. The third-order valence-corrected chi connectivity index (χ3v) is 4.53. The number of carbonyl (C=O) groups is 2. The molecule has 0 rings (SSSR count). The zero-order valence-corrected chi connectivity index (χ0v) is 15.0. The zero-order valence-electron chi connectivity index (χ0n) is 15.0. The minimum atomic E-state index is -1.27. The molecule has 1 unspecified atom stereocenters. The molecule has 0 spiro atoms. The number of hydrogen-bond donors (Lipinski definition) is 1. The second-order valence-corrected chi connectivity index (χ2v) is 6.34. The maximum Gasteiger partial charge on any atom is 0.318 e. The van der Waals surface area contributed by atoms with Crippen LogP contribution in [0, 0.1) is 5.41 Å². The Kier molecular flexibility index (Phi) is 10.9. The summed E-state index contributed by atoms with van der Waals surface area (Å²) in [6, 6.07) is 0. The number of carboxylic acid groups (broad SMARTS) is 1. The predicted molar refractivity (Wildman–Crippen MR) is 90.9 cm³/mol. The highest BCUT2D eigenvalue weighted by atomic mass is 16.4. The largest absolute Gasteiger partial charge is 0.480 e. The van der Waals surface area contributed by atoms with Crippen molar-refractivity contribution >= 4 is 11.9 Å². The van der Waals surface area contributed by atoms with Crippen molar-refractivity contribution in [3.8, 4) is 0 Å². The van der Waals surface area contributed by atoms with Crippen molar-refractivity contribution < 1.29 is 14.7 Å². The molecule has 4 heteroatoms. The van der Waals surface area contributed by atoms with Gasteiger partial charge in [-0.1, -0.05) is 58.3 Å². The predicted octanol–water partition coefficient (Wildman–Crippen LogP) is 4.48. The van der Waals surface area contributed by atoms with Gasteiger partial charge in [0, 0.05) is 13.1 Å². The summed E-state index contributed by atoms with van der Waals surface area (Å²) in [4.78, 5) is 25.7. The van der Waals surface area contributed by atoms with Gasteiger partial charge in [-0.3, -0.25) is 9.59 Å². The second-order valence-electron chi connectivity index (χ2n) is 6.34. The van der Waals surface area contributed by atoms with Crippen LogP contribution in [0.4, 0.5) is 0 Å². The van der Waals surface area contributed by atoms with Crippen LogP contribution >= 0.6 is 0 Å². The van der Waals surface area contributed by atoms with Crippen molar-refractivity contribution in [1.82, 2.24) is 4.90 Å². The summed E-state index contributed by atoms with van der Waals surface area (Å²) in [6.07, 6.45) is 9.73. The number of carboxylic acids is 1. The van der Waals surface area contributed by atoms with E-state index in [1.165, 1.54) is 32.1 Å². The van der Waals surface area contributed by atoms with Gasteiger partial charge < -0.3 is 10.0 Å². The van der Waals surface area contributed by atoms with Crippen LogP contribution in [0.15, 0.2) is 0 Å². The smallest absolute Gasteiger partial charge is 0.318 e. The zero-order chi connectivity index (χ0) is 17.0. The van der Waals surface area contributed by atoms with Gasteiger partial charge in [-0.2, -0.15) is 0 Å². The van der Waals surface area contributed by atoms with E-state index in [-0.39, 0.29) is 5.91 Å². The topological polar surface area (TPSA) is 57.6 Å². The number of amides is 1. The molecule has 0 bridgehead atoms. The first kappa shape index (κ1) is 20.9. The Hall–Kier alpha value is -1.06. The molecule has 130 valence electrons. The SMILES string of the molecule is CCCCCCCCCCC(C)(C(=O)O)C(=O)N(CC)CC. The molecule has 0 aromatic heterocycles. The van der Waals surface area contributed by atoms with Crippen molar-refractivity contribution in [2.45, 2.75) is 85.5 Å². The first-order chi connectivity index (χ1) is 10.4. The van der Waals surface area contributed by atoms with Gasteiger partial charge in [-0.25, -0.2) is 0 Å². The lowest BCUT2D eigenvalue weighted by molar-refractivity contribution is -0.160. The van der Waals surface area contributed by atoms with Gasteiger partial charge in [0.1, 0.15) is 5.41 Å². The van der Waals surface area contributed by atoms with Crippen LogP contribution in [0.5, 0.6) is 0 Å². The third kappa shape index (κ3) is 6.80. The van der Waals surface area contributed by atoms with Crippen LogP contribution in [-0.4, -0.2) is 35.0 Å². The molecule has 0 heterocycles. The Bertz CT molecular complexity index is 326. The fourth-order valence-corrected chi connectivity index (χ4v) is 2.78. The number of carbonyl (C=O) groups excluding carboxylic acids is 1. The van der Waals surface area contributed by atoms with Crippen LogP contribution in [-0.2, 0) is 9.59 Å². The highest BCUT2D eigenvalue weighted by molar-refractivity contribution is 6.01. The lowest BCUT2D eigenvalue weighted by atomic mass is 9.83. The summed E-state index contributed by atoms with van der Waals surface area (Å²) in [5, 5.41) is 9.50. The molecular formula is C18H35NO3. The summed E-state index contributed by atoms with van der Waals surface area (Å²) < 4.78 is 0. The van der Waals surface area contributed by atoms with Crippen molar-refractivity contribution in [3.63, 3.8) is 0 Å². The first-order valence-corrected chi connectivity index (χ1v) is 8.96. The van der Waals surface area contributed by atoms with E-state index in [2.05, 4.69) is 6.92 Å². The molecule has 0 fully saturated rings. The highest BCUT2D eigenvalue weighted by Crippen LogP contribution is 2.28. The average molecular weight is 313 g/mol. The number of aliphatic carboxylic acids is 1. The summed E-state index contributed by atoms with van der Waals surface area (Å²) in [6.45, 7) is 8.70. The van der Waals surface area contributed by atoms with Gasteiger partial charge in [0.15, 0.2) is 0 Å². The fraction of sp³-hybridized carbons (Fsp3) is 0.889. The van der Waals surface area contributed by atoms with E-state index in [4.69, 9.17) is 0 Å². The Morgan fingerprint density at radius 3 is 1.73 bits per heavy atom. The van der Waals surface area contributed by atoms with Gasteiger partial charge in [0.25, 0.3) is 0 Å². The summed E-state index contributed by atoms with van der Waals surface area (Å²) >= 11 is 0. The van der Waals surface area contributed by atoms with Crippen molar-refractivity contribution in [1.29, 1.82) is 0 Å². The van der Waals surface area contributed by atoms with E-state index < -0.39 is 11.4 Å². The van der Waals surface area contributed by atoms with E-state index >= 15 is 0 Å². The Morgan fingerprint density at radius 2 is 1.32 bits per heavy atom. The molecule has 22 heavy (non-hydrogen) atoms. The van der Waals surface area contributed by atoms with Crippen molar-refractivity contribution in [3.05, 3.63) is 0 Å². The van der Waals surface area contributed by atoms with Crippen LogP contribution < -0.4 is 0 Å². The maximum absolute atomic E-state index is 12.5. The van der Waals surface area contributed by atoms with Gasteiger partial charge in [0.2, 0.25) is 5.91 Å². The number of rotatable bonds is 13. The molecule has 0 aromatic rings. The minimum absolute atomic E-state index is 0.243. The lowest BCUT2D eigenvalue weighted by Gasteiger charge is -2.30. The summed E-state index contributed by atoms with van der Waals surface area (Å²) in [5.74, 6) is -1.24. The normalized spacial score (nSPS) is 13.6. The van der Waals surface area contributed by atoms with Crippen molar-refractivity contribution in [2.75, 3.05) is 13.1 Å². The molecule has 0 saturated carbocycles. The van der Waals surface area contributed by atoms with Crippen LogP contribution in [0.3, 0.4) is 0 Å². The third-order valence-electron chi connectivity index (χ3n) is 4.53. The van der Waals surface area contributed by atoms with Gasteiger partial charge >= 0.3 is 5.97 Å². The first-order valence-electron chi connectivity index (χ1n) is 8.96. The molecule has 0 aliphatic heterocycles. The van der Waals surface area contributed by atoms with Crippen LogP contribution in [0.1, 0.15) is 85.5 Å². The number of unbranched alkanes of at least 4 members (excludes halogenated alkanes) is 7. The van der Waals surface area contributed by atoms with Gasteiger partial charge in [0.05, 0.1) is 0 Å². The lowest BCUT2D eigenvalue weighted by Crippen LogP contribution is -2.46. The molecule has 0 aliphatic rings. The Balaban J connectivity index is 4.24. The quantitative estimate of drug-likeness (QED) is 0.403. The molecule has 0 radical (unpaired) electrons. The standard InChI is InChI=1S/C18H35NO3/c1-5-8-9-10-11-12-13-14-15-18(4,17(21)22)16(20)19(6-2)7-3/h5-15H2,1-4H3,(H,21,22). The minimum Gasteiger partial charge on any atom is -0.480 e. The molecule has 1 atom stereocenters. The van der Waals surface area contributed by atoms with E-state index in [0.717, 1.165) is 19.3 Å². The van der Waals surface area contributed by atoms with Crippen LogP contribution in [0.25, 0.3) is 0 Å². The van der Waals surface area contributed by atoms with E-state index in [0.29, 0.717) is 19.5 Å². The van der Waals surface area contributed by atoms with Crippen LogP contribution in [0.2, 0.25) is 0 Å². The monoisotopic (exact) mass is 313 g/mol. The molecule has 4 nitrogen and oxygen atoms in total. The summed E-state index contributed by atoms with van der Waals surface area (Å²) in [7, 11) is 0. The van der Waals surface area contributed by atoms with E-state index in [1.807, 2.05) is 13.8 Å². The molecule has 1 amide bonds. The highest BCUT2D eigenvalue weighted by Gasteiger charge is 2.42. The second kappa shape index (κ2) is 11.5. The maximum atomic E-state index is 12.5. The van der Waals surface area contributed by atoms with E-state index in [9.17, 15) is 14.7 Å². The fourth-order valence-electron chi connectivity index (χ4n) is 2.78. The molecule has 0 saturated heterocycles. The average Bonchev–Trinajstić information content (AvgIpc) is 2.50. The Labute approximate surface area is 136 Å². The summed E-state index contributed by atoms with van der Waals surface area (Å²) in [5.41, 5.74) is -1.27. The Morgan fingerprint density at radius 1 is 0.864 bits per heavy atom. The number of nitrogens with zero attached hydrogens (tertiary/aromatic N) is 1. The van der Waals surface area contributed by atoms with Gasteiger partial charge in [-0.15, -0.1) is 0 Å². The van der Waals surface area contributed by atoms with Crippen molar-refractivity contribution in [2.24, 2.45) is 5.41 Å². The molecule has 0 aliphatic carbocycles. The van der Waals surface area contributed by atoms with Gasteiger partial charge in [-0.05, 0) is 27.2 Å². The van der Waals surface area contributed by atoms with E-state index in [1.54, 1.807) is 11.8 Å².